The van der Waals surface area contributed by atoms with Crippen LogP contribution in [0.3, 0.4) is 0 Å². The lowest BCUT2D eigenvalue weighted by Gasteiger charge is -2.22. The Morgan fingerprint density at radius 1 is 1.24 bits per heavy atom. The van der Waals surface area contributed by atoms with Gasteiger partial charge in [-0.2, -0.15) is 0 Å². The lowest BCUT2D eigenvalue weighted by atomic mass is 10.0. The zero-order valence-electron chi connectivity index (χ0n) is 10.2. The summed E-state index contributed by atoms with van der Waals surface area (Å²) in [6.07, 6.45) is 5.80. The third-order valence-corrected chi connectivity index (χ3v) is 2.99. The largest absolute Gasteiger partial charge is 0.481 e. The van der Waals surface area contributed by atoms with Crippen molar-refractivity contribution in [2.75, 3.05) is 13.1 Å². The average Bonchev–Trinajstić information content (AvgIpc) is 2.34. The first kappa shape index (κ1) is 14.0. The predicted octanol–water partition coefficient (Wildman–Crippen LogP) is 0.890. The molecule has 0 bridgehead atoms. The highest BCUT2D eigenvalue weighted by Gasteiger charge is 2.19. The van der Waals surface area contributed by atoms with E-state index in [1.165, 1.54) is 0 Å². The van der Waals surface area contributed by atoms with Crippen LogP contribution in [-0.2, 0) is 9.59 Å². The SMILES string of the molecule is O=C(O)CCCCCNC(=O)C1CCCCN1. The maximum atomic E-state index is 11.7. The maximum absolute atomic E-state index is 11.7. The molecule has 1 saturated heterocycles. The Balaban J connectivity index is 1.98. The molecule has 1 amide bonds. The van der Waals surface area contributed by atoms with E-state index in [4.69, 9.17) is 5.11 Å². The summed E-state index contributed by atoms with van der Waals surface area (Å²) in [6, 6.07) is -0.0252. The van der Waals surface area contributed by atoms with Crippen LogP contribution < -0.4 is 10.6 Å². The molecule has 1 rings (SSSR count). The second-order valence-electron chi connectivity index (χ2n) is 4.50. The fourth-order valence-electron chi connectivity index (χ4n) is 1.99. The number of carboxylic acid groups (broad SMARTS) is 1. The highest BCUT2D eigenvalue weighted by atomic mass is 16.4. The minimum absolute atomic E-state index is 0.0252. The quantitative estimate of drug-likeness (QED) is 0.579. The van der Waals surface area contributed by atoms with Gasteiger partial charge in [-0.15, -0.1) is 0 Å². The summed E-state index contributed by atoms with van der Waals surface area (Å²) >= 11 is 0. The molecule has 0 aliphatic carbocycles. The summed E-state index contributed by atoms with van der Waals surface area (Å²) in [4.78, 5) is 21.9. The van der Waals surface area contributed by atoms with E-state index >= 15 is 0 Å². The number of carbonyl (C=O) groups excluding carboxylic acids is 1. The van der Waals surface area contributed by atoms with E-state index in [-0.39, 0.29) is 18.4 Å². The molecule has 1 atom stereocenters. The van der Waals surface area contributed by atoms with Crippen molar-refractivity contribution in [1.82, 2.24) is 10.6 Å². The number of piperidine rings is 1. The van der Waals surface area contributed by atoms with E-state index in [1.807, 2.05) is 0 Å². The van der Waals surface area contributed by atoms with Crippen molar-refractivity contribution in [2.24, 2.45) is 0 Å². The van der Waals surface area contributed by atoms with E-state index in [2.05, 4.69) is 10.6 Å². The molecule has 0 radical (unpaired) electrons. The molecule has 1 heterocycles. The number of rotatable bonds is 7. The highest BCUT2D eigenvalue weighted by molar-refractivity contribution is 5.81. The zero-order valence-corrected chi connectivity index (χ0v) is 10.2. The number of amides is 1. The fraction of sp³-hybridized carbons (Fsp3) is 0.833. The van der Waals surface area contributed by atoms with Gasteiger partial charge in [0.25, 0.3) is 0 Å². The van der Waals surface area contributed by atoms with Crippen LogP contribution in [0.5, 0.6) is 0 Å². The summed E-state index contributed by atoms with van der Waals surface area (Å²) in [5.74, 6) is -0.664. The summed E-state index contributed by atoms with van der Waals surface area (Å²) in [5, 5.41) is 14.5. The first-order valence-electron chi connectivity index (χ1n) is 6.43. The number of unbranched alkanes of at least 4 members (excludes halogenated alkanes) is 2. The third-order valence-electron chi connectivity index (χ3n) is 2.99. The van der Waals surface area contributed by atoms with Gasteiger partial charge in [0.1, 0.15) is 0 Å². The van der Waals surface area contributed by atoms with Crippen LogP contribution in [0, 0.1) is 0 Å². The number of hydrogen-bond acceptors (Lipinski definition) is 3. The number of carboxylic acids is 1. The highest BCUT2D eigenvalue weighted by Crippen LogP contribution is 2.06. The second-order valence-corrected chi connectivity index (χ2v) is 4.50. The normalized spacial score (nSPS) is 19.9. The summed E-state index contributed by atoms with van der Waals surface area (Å²) < 4.78 is 0. The van der Waals surface area contributed by atoms with Crippen LogP contribution in [0.1, 0.15) is 44.9 Å². The summed E-state index contributed by atoms with van der Waals surface area (Å²) in [7, 11) is 0. The van der Waals surface area contributed by atoms with E-state index in [1.54, 1.807) is 0 Å². The van der Waals surface area contributed by atoms with Crippen molar-refractivity contribution in [1.29, 1.82) is 0 Å². The Kier molecular flexibility index (Phi) is 6.62. The molecule has 0 spiro atoms. The molecule has 17 heavy (non-hydrogen) atoms. The molecule has 1 unspecified atom stereocenters. The van der Waals surface area contributed by atoms with Gasteiger partial charge in [-0.05, 0) is 32.2 Å². The van der Waals surface area contributed by atoms with Gasteiger partial charge >= 0.3 is 5.97 Å². The van der Waals surface area contributed by atoms with Gasteiger partial charge in [-0.25, -0.2) is 0 Å². The summed E-state index contributed by atoms with van der Waals surface area (Å²) in [5.41, 5.74) is 0. The van der Waals surface area contributed by atoms with E-state index in [0.717, 1.165) is 38.6 Å². The monoisotopic (exact) mass is 242 g/mol. The fourth-order valence-corrected chi connectivity index (χ4v) is 1.99. The van der Waals surface area contributed by atoms with Crippen LogP contribution in [-0.4, -0.2) is 36.1 Å². The van der Waals surface area contributed by atoms with Crippen LogP contribution in [0.25, 0.3) is 0 Å². The molecule has 0 aromatic carbocycles. The number of nitrogens with one attached hydrogen (secondary N) is 2. The molecule has 5 nitrogen and oxygen atoms in total. The van der Waals surface area contributed by atoms with Crippen molar-refractivity contribution >= 4 is 11.9 Å². The van der Waals surface area contributed by atoms with Gasteiger partial charge in [0.2, 0.25) is 5.91 Å². The molecule has 5 heteroatoms. The van der Waals surface area contributed by atoms with E-state index in [0.29, 0.717) is 13.0 Å². The number of hydrogen-bond donors (Lipinski definition) is 3. The predicted molar refractivity (Wildman–Crippen MR) is 64.8 cm³/mol. The molecule has 0 aromatic rings. The minimum atomic E-state index is -0.750. The van der Waals surface area contributed by atoms with Crippen LogP contribution >= 0.6 is 0 Å². The number of aliphatic carboxylic acids is 1. The van der Waals surface area contributed by atoms with Crippen LogP contribution in [0.4, 0.5) is 0 Å². The Morgan fingerprint density at radius 2 is 2.06 bits per heavy atom. The molecule has 1 aliphatic rings. The molecule has 3 N–H and O–H groups in total. The topological polar surface area (TPSA) is 78.4 Å². The lowest BCUT2D eigenvalue weighted by Crippen LogP contribution is -2.46. The molecule has 0 aromatic heterocycles. The Bertz CT molecular complexity index is 250. The molecular formula is C12H22N2O3. The Morgan fingerprint density at radius 3 is 2.71 bits per heavy atom. The molecule has 98 valence electrons. The summed E-state index contributed by atoms with van der Waals surface area (Å²) in [6.45, 7) is 1.58. The van der Waals surface area contributed by atoms with Crippen LogP contribution in [0.2, 0.25) is 0 Å². The lowest BCUT2D eigenvalue weighted by molar-refractivity contribution is -0.137. The molecular weight excluding hydrogens is 220 g/mol. The first-order chi connectivity index (χ1) is 8.20. The van der Waals surface area contributed by atoms with Crippen molar-refractivity contribution in [3.63, 3.8) is 0 Å². The standard InChI is InChI=1S/C12H22N2O3/c15-11(16)7-2-1-4-9-14-12(17)10-6-3-5-8-13-10/h10,13H,1-9H2,(H,14,17)(H,15,16). The van der Waals surface area contributed by atoms with Gasteiger partial charge in [0, 0.05) is 13.0 Å². The second kappa shape index (κ2) is 8.06. The van der Waals surface area contributed by atoms with Crippen molar-refractivity contribution in [3.05, 3.63) is 0 Å². The van der Waals surface area contributed by atoms with Crippen molar-refractivity contribution in [3.8, 4) is 0 Å². The molecule has 1 fully saturated rings. The number of carbonyl (C=O) groups is 2. The molecule has 0 saturated carbocycles. The maximum Gasteiger partial charge on any atom is 0.303 e. The van der Waals surface area contributed by atoms with E-state index < -0.39 is 5.97 Å². The van der Waals surface area contributed by atoms with Gasteiger partial charge in [-0.1, -0.05) is 12.8 Å². The Hall–Kier alpha value is -1.10. The van der Waals surface area contributed by atoms with Crippen molar-refractivity contribution < 1.29 is 14.7 Å². The average molecular weight is 242 g/mol. The van der Waals surface area contributed by atoms with Gasteiger partial charge < -0.3 is 15.7 Å². The van der Waals surface area contributed by atoms with Gasteiger partial charge in [0.15, 0.2) is 0 Å². The van der Waals surface area contributed by atoms with Gasteiger partial charge in [-0.3, -0.25) is 9.59 Å². The first-order valence-corrected chi connectivity index (χ1v) is 6.43. The Labute approximate surface area is 102 Å². The minimum Gasteiger partial charge on any atom is -0.481 e. The molecule has 1 aliphatic heterocycles. The smallest absolute Gasteiger partial charge is 0.303 e. The van der Waals surface area contributed by atoms with E-state index in [9.17, 15) is 9.59 Å². The third kappa shape index (κ3) is 6.26. The van der Waals surface area contributed by atoms with Crippen LogP contribution in [0.15, 0.2) is 0 Å². The van der Waals surface area contributed by atoms with Gasteiger partial charge in [0.05, 0.1) is 6.04 Å². The zero-order chi connectivity index (χ0) is 12.5. The van der Waals surface area contributed by atoms with Crippen molar-refractivity contribution in [2.45, 2.75) is 51.0 Å².